The van der Waals surface area contributed by atoms with Gasteiger partial charge in [-0.2, -0.15) is 5.10 Å². The first-order valence-electron chi connectivity index (χ1n) is 8.45. The van der Waals surface area contributed by atoms with Gasteiger partial charge in [0.2, 0.25) is 0 Å². The van der Waals surface area contributed by atoms with Crippen LogP contribution in [0.15, 0.2) is 17.2 Å². The van der Waals surface area contributed by atoms with Gasteiger partial charge in [0.15, 0.2) is 0 Å². The highest BCUT2D eigenvalue weighted by Gasteiger charge is 2.36. The van der Waals surface area contributed by atoms with Crippen LogP contribution in [-0.2, 0) is 7.05 Å². The summed E-state index contributed by atoms with van der Waals surface area (Å²) in [6.07, 6.45) is 4.50. The highest BCUT2D eigenvalue weighted by molar-refractivity contribution is 5.95. The van der Waals surface area contributed by atoms with E-state index in [1.165, 1.54) is 0 Å². The Morgan fingerprint density at radius 1 is 1.36 bits per heavy atom. The van der Waals surface area contributed by atoms with Crippen molar-refractivity contribution in [1.82, 2.24) is 20.1 Å². The Labute approximate surface area is 146 Å². The number of H-pyrrole nitrogens is 1. The summed E-state index contributed by atoms with van der Waals surface area (Å²) >= 11 is 0. The van der Waals surface area contributed by atoms with Gasteiger partial charge in [-0.25, -0.2) is 0 Å². The van der Waals surface area contributed by atoms with Crippen molar-refractivity contribution in [3.8, 4) is 0 Å². The molecule has 1 atom stereocenters. The normalized spacial score (nSPS) is 20.8. The Kier molecular flexibility index (Phi) is 4.51. The number of aromatic amines is 1. The second-order valence-corrected chi connectivity index (χ2v) is 6.99. The summed E-state index contributed by atoms with van der Waals surface area (Å²) in [5.74, 6) is -0.258. The molecule has 7 heteroatoms. The Bertz CT molecular complexity index is 862. The minimum Gasteiger partial charge on any atom is -0.393 e. The molecule has 0 aliphatic heterocycles. The number of nitrogens with zero attached hydrogens (tertiary/aromatic N) is 2. The van der Waals surface area contributed by atoms with E-state index in [-0.39, 0.29) is 29.2 Å². The summed E-state index contributed by atoms with van der Waals surface area (Å²) in [5, 5.41) is 16.8. The third kappa shape index (κ3) is 3.24. The number of amides is 1. The molecule has 1 aliphatic rings. The van der Waals surface area contributed by atoms with E-state index < -0.39 is 5.91 Å². The molecule has 2 heterocycles. The molecule has 134 valence electrons. The second-order valence-electron chi connectivity index (χ2n) is 6.99. The molecule has 2 aromatic rings. The van der Waals surface area contributed by atoms with Crippen LogP contribution in [0.1, 0.15) is 51.6 Å². The van der Waals surface area contributed by atoms with E-state index in [0.717, 1.165) is 16.8 Å². The van der Waals surface area contributed by atoms with E-state index in [4.69, 9.17) is 0 Å². The van der Waals surface area contributed by atoms with Gasteiger partial charge in [-0.3, -0.25) is 14.3 Å². The number of aromatic nitrogens is 3. The summed E-state index contributed by atoms with van der Waals surface area (Å²) in [4.78, 5) is 27.9. The third-order valence-electron chi connectivity index (χ3n) is 5.25. The van der Waals surface area contributed by atoms with E-state index in [0.29, 0.717) is 18.4 Å². The fourth-order valence-electron chi connectivity index (χ4n) is 3.43. The van der Waals surface area contributed by atoms with Crippen molar-refractivity contribution in [3.05, 3.63) is 50.7 Å². The van der Waals surface area contributed by atoms with Gasteiger partial charge in [0.05, 0.1) is 18.3 Å². The molecule has 3 N–H and O–H groups in total. The van der Waals surface area contributed by atoms with E-state index in [9.17, 15) is 14.7 Å². The molecule has 1 fully saturated rings. The number of aliphatic hydroxyl groups excluding tert-OH is 1. The second kappa shape index (κ2) is 6.48. The Morgan fingerprint density at radius 2 is 2.04 bits per heavy atom. The molecule has 7 nitrogen and oxygen atoms in total. The molecule has 0 saturated heterocycles. The van der Waals surface area contributed by atoms with Crippen LogP contribution in [0.4, 0.5) is 0 Å². The number of pyridine rings is 1. The quantitative estimate of drug-likeness (QED) is 0.778. The van der Waals surface area contributed by atoms with Gasteiger partial charge in [-0.1, -0.05) is 0 Å². The van der Waals surface area contributed by atoms with Crippen LogP contribution in [0.25, 0.3) is 0 Å². The summed E-state index contributed by atoms with van der Waals surface area (Å²) in [5.41, 5.74) is 3.02. The number of carbonyl (C=O) groups excluding carboxylic acids is 1. The van der Waals surface area contributed by atoms with E-state index in [1.54, 1.807) is 17.8 Å². The first kappa shape index (κ1) is 17.4. The molecule has 0 unspecified atom stereocenters. The Morgan fingerprint density at radius 3 is 2.60 bits per heavy atom. The van der Waals surface area contributed by atoms with Crippen molar-refractivity contribution in [2.45, 2.75) is 45.8 Å². The van der Waals surface area contributed by atoms with Gasteiger partial charge < -0.3 is 15.4 Å². The lowest BCUT2D eigenvalue weighted by atomic mass is 9.75. The molecular formula is C18H24N4O3. The maximum atomic E-state index is 12.8. The zero-order valence-electron chi connectivity index (χ0n) is 15.0. The lowest BCUT2D eigenvalue weighted by molar-refractivity contribution is 0.0235. The van der Waals surface area contributed by atoms with Crippen molar-refractivity contribution >= 4 is 5.91 Å². The van der Waals surface area contributed by atoms with Gasteiger partial charge in [-0.15, -0.1) is 0 Å². The summed E-state index contributed by atoms with van der Waals surface area (Å²) < 4.78 is 1.68. The number of hydrogen-bond donors (Lipinski definition) is 3. The number of nitrogens with one attached hydrogen (secondary N) is 2. The third-order valence-corrected chi connectivity index (χ3v) is 5.25. The first-order chi connectivity index (χ1) is 11.8. The average Bonchev–Trinajstić information content (AvgIpc) is 2.94. The van der Waals surface area contributed by atoms with Crippen molar-refractivity contribution in [3.63, 3.8) is 0 Å². The fourth-order valence-corrected chi connectivity index (χ4v) is 3.43. The molecule has 0 bridgehead atoms. The summed E-state index contributed by atoms with van der Waals surface area (Å²) in [6.45, 7) is 5.50. The van der Waals surface area contributed by atoms with Crippen LogP contribution in [0.5, 0.6) is 0 Å². The largest absolute Gasteiger partial charge is 0.393 e. The fraction of sp³-hybridized carbons (Fsp3) is 0.500. The van der Waals surface area contributed by atoms with Crippen molar-refractivity contribution in [2.24, 2.45) is 13.0 Å². The summed E-state index contributed by atoms with van der Waals surface area (Å²) in [6, 6.07) is -0.273. The van der Waals surface area contributed by atoms with Gasteiger partial charge in [0.1, 0.15) is 5.56 Å². The van der Waals surface area contributed by atoms with Crippen LogP contribution < -0.4 is 10.9 Å². The maximum absolute atomic E-state index is 12.8. The van der Waals surface area contributed by atoms with Crippen LogP contribution >= 0.6 is 0 Å². The number of rotatable bonds is 4. The van der Waals surface area contributed by atoms with E-state index >= 15 is 0 Å². The molecule has 2 aromatic heterocycles. The monoisotopic (exact) mass is 344 g/mol. The topological polar surface area (TPSA) is 100 Å². The summed E-state index contributed by atoms with van der Waals surface area (Å²) in [7, 11) is 1.82. The zero-order chi connectivity index (χ0) is 18.3. The van der Waals surface area contributed by atoms with Crippen molar-refractivity contribution < 1.29 is 9.90 Å². The van der Waals surface area contributed by atoms with E-state index in [2.05, 4.69) is 15.4 Å². The highest BCUT2D eigenvalue weighted by Crippen LogP contribution is 2.38. The number of aryl methyl sites for hydroxylation is 2. The predicted octanol–water partition coefficient (Wildman–Crippen LogP) is 1.28. The first-order valence-corrected chi connectivity index (χ1v) is 8.45. The van der Waals surface area contributed by atoms with Crippen LogP contribution in [0.3, 0.4) is 0 Å². The Hall–Kier alpha value is -2.41. The number of hydrogen-bond acceptors (Lipinski definition) is 4. The molecule has 3 rings (SSSR count). The van der Waals surface area contributed by atoms with Crippen LogP contribution in [0, 0.1) is 26.7 Å². The smallest absolute Gasteiger partial charge is 0.261 e. The van der Waals surface area contributed by atoms with E-state index in [1.807, 2.05) is 27.1 Å². The minimum atomic E-state index is -0.392. The standard InChI is InChI=1S/C18H24N4O3/c1-9-10(2)15(17(24)20-11(9)3)18(25)21-16(12-5-14(23)6-12)13-7-19-22(4)8-13/h7-8,12,14,16,23H,5-6H2,1-4H3,(H,20,24)(H,21,25)/t12?,14?,16-/m0/s1. The zero-order valence-corrected chi connectivity index (χ0v) is 15.0. The number of carbonyl (C=O) groups is 1. The Balaban J connectivity index is 1.91. The van der Waals surface area contributed by atoms with Gasteiger partial charge in [0.25, 0.3) is 11.5 Å². The molecule has 1 aliphatic carbocycles. The van der Waals surface area contributed by atoms with Crippen molar-refractivity contribution in [1.29, 1.82) is 0 Å². The molecule has 0 radical (unpaired) electrons. The molecule has 1 saturated carbocycles. The average molecular weight is 344 g/mol. The SMILES string of the molecule is Cc1[nH]c(=O)c(C(=O)N[C@H](c2cnn(C)c2)C2CC(O)C2)c(C)c1C. The number of aliphatic hydroxyl groups is 1. The minimum absolute atomic E-state index is 0.133. The molecule has 1 amide bonds. The molecule has 25 heavy (non-hydrogen) atoms. The lowest BCUT2D eigenvalue weighted by Crippen LogP contribution is -2.42. The van der Waals surface area contributed by atoms with Gasteiger partial charge in [0, 0.05) is 24.5 Å². The maximum Gasteiger partial charge on any atom is 0.261 e. The molecule has 0 spiro atoms. The van der Waals surface area contributed by atoms with Gasteiger partial charge in [-0.05, 0) is 50.7 Å². The van der Waals surface area contributed by atoms with Crippen LogP contribution in [-0.4, -0.2) is 31.9 Å². The van der Waals surface area contributed by atoms with Crippen LogP contribution in [0.2, 0.25) is 0 Å². The lowest BCUT2D eigenvalue weighted by Gasteiger charge is -2.37. The molecular weight excluding hydrogens is 320 g/mol. The highest BCUT2D eigenvalue weighted by atomic mass is 16.3. The van der Waals surface area contributed by atoms with Gasteiger partial charge >= 0.3 is 0 Å². The van der Waals surface area contributed by atoms with Crippen molar-refractivity contribution in [2.75, 3.05) is 0 Å². The predicted molar refractivity (Wildman–Crippen MR) is 93.4 cm³/mol. The molecule has 0 aromatic carbocycles.